The summed E-state index contributed by atoms with van der Waals surface area (Å²) in [6, 6.07) is 0.494. The third kappa shape index (κ3) is 3.29. The number of rotatable bonds is 4. The van der Waals surface area contributed by atoms with Crippen LogP contribution in [-0.4, -0.2) is 48.6 Å². The first-order chi connectivity index (χ1) is 10.7. The number of carbonyl (C=O) groups excluding carboxylic acids is 2. The van der Waals surface area contributed by atoms with E-state index in [2.05, 4.69) is 10.2 Å². The number of esters is 1. The van der Waals surface area contributed by atoms with Gasteiger partial charge in [0, 0.05) is 12.1 Å². The van der Waals surface area contributed by atoms with Crippen LogP contribution in [0, 0.1) is 5.92 Å². The molecule has 1 heterocycles. The summed E-state index contributed by atoms with van der Waals surface area (Å²) in [7, 11) is 1.45. The van der Waals surface area contributed by atoms with Gasteiger partial charge in [-0.05, 0) is 38.0 Å². The molecule has 0 unspecified atom stereocenters. The molecule has 3 atom stereocenters. The van der Waals surface area contributed by atoms with Gasteiger partial charge in [-0.25, -0.2) is 0 Å². The quantitative estimate of drug-likeness (QED) is 0.805. The van der Waals surface area contributed by atoms with E-state index < -0.39 is 0 Å². The highest BCUT2D eigenvalue weighted by molar-refractivity contribution is 5.81. The Morgan fingerprint density at radius 3 is 2.50 bits per heavy atom. The van der Waals surface area contributed by atoms with Crippen molar-refractivity contribution < 1.29 is 14.3 Å². The van der Waals surface area contributed by atoms with Gasteiger partial charge in [0.1, 0.15) is 6.04 Å². The Morgan fingerprint density at radius 1 is 1.09 bits per heavy atom. The Kier molecular flexibility index (Phi) is 5.01. The van der Waals surface area contributed by atoms with Crippen LogP contribution in [0.25, 0.3) is 0 Å². The van der Waals surface area contributed by atoms with Crippen LogP contribution in [0.5, 0.6) is 0 Å². The van der Waals surface area contributed by atoms with Crippen molar-refractivity contribution in [2.75, 3.05) is 13.7 Å². The van der Waals surface area contributed by atoms with E-state index >= 15 is 0 Å². The molecule has 3 fully saturated rings. The molecular formula is C17H28N2O3. The molecule has 0 radical (unpaired) electrons. The molecule has 0 spiro atoms. The van der Waals surface area contributed by atoms with Crippen LogP contribution >= 0.6 is 0 Å². The molecule has 5 nitrogen and oxygen atoms in total. The number of methoxy groups -OCH3 is 1. The van der Waals surface area contributed by atoms with Gasteiger partial charge in [-0.15, -0.1) is 0 Å². The Hall–Kier alpha value is -1.10. The molecule has 0 aromatic heterocycles. The van der Waals surface area contributed by atoms with E-state index in [4.69, 9.17) is 4.74 Å². The molecule has 1 amide bonds. The molecule has 0 bridgehead atoms. The first-order valence-electron chi connectivity index (χ1n) is 8.82. The molecule has 2 saturated carbocycles. The second-order valence-electron chi connectivity index (χ2n) is 7.11. The summed E-state index contributed by atoms with van der Waals surface area (Å²) in [5.74, 6) is 0.451. The van der Waals surface area contributed by atoms with Crippen LogP contribution in [0.2, 0.25) is 0 Å². The van der Waals surface area contributed by atoms with Gasteiger partial charge in [0.2, 0.25) is 5.91 Å². The third-order valence-electron chi connectivity index (χ3n) is 5.74. The van der Waals surface area contributed by atoms with E-state index in [1.54, 1.807) is 0 Å². The van der Waals surface area contributed by atoms with Crippen molar-refractivity contribution in [3.63, 3.8) is 0 Å². The summed E-state index contributed by atoms with van der Waals surface area (Å²) >= 11 is 0. The summed E-state index contributed by atoms with van der Waals surface area (Å²) < 4.78 is 4.97. The average molecular weight is 308 g/mol. The van der Waals surface area contributed by atoms with Gasteiger partial charge in [-0.2, -0.15) is 0 Å². The molecule has 0 aromatic carbocycles. The molecule has 2 aliphatic carbocycles. The van der Waals surface area contributed by atoms with Crippen molar-refractivity contribution in [2.24, 2.45) is 5.92 Å². The molecular weight excluding hydrogens is 280 g/mol. The van der Waals surface area contributed by atoms with Crippen molar-refractivity contribution in [1.82, 2.24) is 10.2 Å². The third-order valence-corrected chi connectivity index (χ3v) is 5.74. The maximum atomic E-state index is 12.4. The summed E-state index contributed by atoms with van der Waals surface area (Å²) in [6.45, 7) is 0.345. The Morgan fingerprint density at radius 2 is 1.77 bits per heavy atom. The molecule has 5 heteroatoms. The largest absolute Gasteiger partial charge is 0.468 e. The minimum absolute atomic E-state index is 0.0760. The molecule has 22 heavy (non-hydrogen) atoms. The molecule has 3 aliphatic rings. The van der Waals surface area contributed by atoms with Gasteiger partial charge in [-0.1, -0.05) is 25.7 Å². The summed E-state index contributed by atoms with van der Waals surface area (Å²) in [5, 5.41) is 3.15. The van der Waals surface area contributed by atoms with Gasteiger partial charge in [0.15, 0.2) is 0 Å². The highest BCUT2D eigenvalue weighted by Crippen LogP contribution is 2.39. The number of carbonyl (C=O) groups is 2. The van der Waals surface area contributed by atoms with E-state index in [9.17, 15) is 9.59 Å². The summed E-state index contributed by atoms with van der Waals surface area (Å²) in [4.78, 5) is 26.6. The summed E-state index contributed by atoms with van der Waals surface area (Å²) in [5.41, 5.74) is 0. The second-order valence-corrected chi connectivity index (χ2v) is 7.11. The predicted octanol–water partition coefficient (Wildman–Crippen LogP) is 1.85. The standard InChI is InChI=1S/C17H28N2O3/c1-22-17(21)15-10-12-6-2-5-9-14(12)19(15)11-16(20)18-13-7-3-4-8-13/h12-15H,2-11H2,1H3,(H,18,20)/t12-,14-,15-/m0/s1. The predicted molar refractivity (Wildman–Crippen MR) is 83.3 cm³/mol. The lowest BCUT2D eigenvalue weighted by Gasteiger charge is -2.32. The van der Waals surface area contributed by atoms with E-state index in [0.29, 0.717) is 24.5 Å². The van der Waals surface area contributed by atoms with Crippen molar-refractivity contribution in [1.29, 1.82) is 0 Å². The lowest BCUT2D eigenvalue weighted by molar-refractivity contribution is -0.146. The van der Waals surface area contributed by atoms with Crippen molar-refractivity contribution in [3.05, 3.63) is 0 Å². The second kappa shape index (κ2) is 6.99. The topological polar surface area (TPSA) is 58.6 Å². The number of ether oxygens (including phenoxy) is 1. The van der Waals surface area contributed by atoms with Gasteiger partial charge in [0.25, 0.3) is 0 Å². The van der Waals surface area contributed by atoms with Gasteiger partial charge in [-0.3, -0.25) is 14.5 Å². The first-order valence-corrected chi connectivity index (χ1v) is 8.82. The maximum Gasteiger partial charge on any atom is 0.323 e. The number of hydrogen-bond donors (Lipinski definition) is 1. The van der Waals surface area contributed by atoms with Crippen LogP contribution in [-0.2, 0) is 14.3 Å². The number of nitrogens with zero attached hydrogens (tertiary/aromatic N) is 1. The SMILES string of the molecule is COC(=O)[C@@H]1C[C@@H]2CCCC[C@@H]2N1CC(=O)NC1CCCC1. The maximum absolute atomic E-state index is 12.4. The van der Waals surface area contributed by atoms with E-state index in [1.165, 1.54) is 39.2 Å². The smallest absolute Gasteiger partial charge is 0.323 e. The highest BCUT2D eigenvalue weighted by Gasteiger charge is 2.46. The highest BCUT2D eigenvalue weighted by atomic mass is 16.5. The fraction of sp³-hybridized carbons (Fsp3) is 0.882. The molecule has 1 saturated heterocycles. The van der Waals surface area contributed by atoms with Crippen LogP contribution in [0.15, 0.2) is 0 Å². The number of amides is 1. The Balaban J connectivity index is 1.64. The van der Waals surface area contributed by atoms with Crippen LogP contribution in [0.1, 0.15) is 57.8 Å². The Labute approximate surface area is 132 Å². The number of likely N-dealkylation sites (tertiary alicyclic amines) is 1. The summed E-state index contributed by atoms with van der Waals surface area (Å²) in [6.07, 6.45) is 10.2. The minimum atomic E-state index is -0.229. The van der Waals surface area contributed by atoms with Gasteiger partial charge < -0.3 is 10.1 Å². The van der Waals surface area contributed by atoms with Crippen LogP contribution in [0.4, 0.5) is 0 Å². The zero-order valence-electron chi connectivity index (χ0n) is 13.6. The Bertz CT molecular complexity index is 420. The van der Waals surface area contributed by atoms with E-state index in [-0.39, 0.29) is 17.9 Å². The van der Waals surface area contributed by atoms with Crippen molar-refractivity contribution in [3.8, 4) is 0 Å². The monoisotopic (exact) mass is 308 g/mol. The van der Waals surface area contributed by atoms with Crippen LogP contribution in [0.3, 0.4) is 0 Å². The first kappa shape index (κ1) is 15.8. The molecule has 0 aromatic rings. The number of fused-ring (bicyclic) bond motifs is 1. The molecule has 124 valence electrons. The lowest BCUT2D eigenvalue weighted by atomic mass is 9.85. The van der Waals surface area contributed by atoms with Crippen LogP contribution < -0.4 is 5.32 Å². The zero-order valence-corrected chi connectivity index (χ0v) is 13.6. The van der Waals surface area contributed by atoms with Crippen molar-refractivity contribution >= 4 is 11.9 Å². The fourth-order valence-corrected chi connectivity index (χ4v) is 4.66. The van der Waals surface area contributed by atoms with E-state index in [1.807, 2.05) is 0 Å². The fourth-order valence-electron chi connectivity index (χ4n) is 4.66. The minimum Gasteiger partial charge on any atom is -0.468 e. The van der Waals surface area contributed by atoms with Crippen molar-refractivity contribution in [2.45, 2.75) is 75.9 Å². The zero-order chi connectivity index (χ0) is 15.5. The van der Waals surface area contributed by atoms with Gasteiger partial charge in [0.05, 0.1) is 13.7 Å². The van der Waals surface area contributed by atoms with E-state index in [0.717, 1.165) is 25.7 Å². The molecule has 1 N–H and O–H groups in total. The number of hydrogen-bond acceptors (Lipinski definition) is 4. The normalized spacial score (nSPS) is 32.7. The lowest BCUT2D eigenvalue weighted by Crippen LogP contribution is -2.49. The number of nitrogens with one attached hydrogen (secondary N) is 1. The van der Waals surface area contributed by atoms with Gasteiger partial charge >= 0.3 is 5.97 Å². The molecule has 1 aliphatic heterocycles. The average Bonchev–Trinajstić information content (AvgIpc) is 3.15. The molecule has 3 rings (SSSR count).